The number of amides is 2. The van der Waals surface area contributed by atoms with Crippen LogP contribution in [-0.4, -0.2) is 11.1 Å². The molecule has 1 aromatic heterocycles. The molecule has 0 aliphatic carbocycles. The van der Waals surface area contributed by atoms with Gasteiger partial charge < -0.3 is 4.42 Å². The second-order valence-electron chi connectivity index (χ2n) is 6.52. The van der Waals surface area contributed by atoms with Crippen molar-refractivity contribution in [1.29, 1.82) is 0 Å². The van der Waals surface area contributed by atoms with Crippen LogP contribution in [0.15, 0.2) is 63.9 Å². The van der Waals surface area contributed by atoms with Crippen molar-refractivity contribution in [3.63, 3.8) is 0 Å². The Bertz CT molecular complexity index is 1130. The van der Waals surface area contributed by atoms with Gasteiger partial charge in [-0.05, 0) is 61.5 Å². The van der Waals surface area contributed by atoms with E-state index in [1.165, 1.54) is 4.90 Å². The van der Waals surface area contributed by atoms with Gasteiger partial charge in [-0.15, -0.1) is 0 Å². The number of furan rings is 1. The Kier molecular flexibility index (Phi) is 4.87. The minimum absolute atomic E-state index is 0.315. The van der Waals surface area contributed by atoms with E-state index in [9.17, 15) is 9.59 Å². The Morgan fingerprint density at radius 3 is 2.61 bits per heavy atom. The molecule has 0 radical (unpaired) electrons. The number of thioether (sulfide) groups is 1. The number of benzene rings is 2. The van der Waals surface area contributed by atoms with Gasteiger partial charge in [0.15, 0.2) is 0 Å². The van der Waals surface area contributed by atoms with E-state index in [1.54, 1.807) is 30.3 Å². The number of hydrogen-bond acceptors (Lipinski definition) is 4. The number of anilines is 1. The molecule has 3 aromatic rings. The third-order valence-corrected chi connectivity index (χ3v) is 5.50. The van der Waals surface area contributed by atoms with Gasteiger partial charge >= 0.3 is 0 Å². The van der Waals surface area contributed by atoms with E-state index < -0.39 is 0 Å². The van der Waals surface area contributed by atoms with Crippen LogP contribution in [0.5, 0.6) is 0 Å². The lowest BCUT2D eigenvalue weighted by molar-refractivity contribution is -0.113. The molecular weight excluding hydrogens is 394 g/mol. The highest BCUT2D eigenvalue weighted by Gasteiger charge is 2.37. The molecular formula is C22H16ClNO3S. The van der Waals surface area contributed by atoms with Crippen LogP contribution in [0, 0.1) is 13.8 Å². The van der Waals surface area contributed by atoms with Gasteiger partial charge in [0.25, 0.3) is 11.1 Å². The Morgan fingerprint density at radius 1 is 1.04 bits per heavy atom. The number of carbonyl (C=O) groups is 2. The van der Waals surface area contributed by atoms with E-state index in [-0.39, 0.29) is 11.1 Å². The van der Waals surface area contributed by atoms with Crippen molar-refractivity contribution in [3.05, 3.63) is 81.4 Å². The van der Waals surface area contributed by atoms with Gasteiger partial charge in [-0.2, -0.15) is 0 Å². The number of aryl methyl sites for hydroxylation is 2. The summed E-state index contributed by atoms with van der Waals surface area (Å²) in [6, 6.07) is 16.5. The Labute approximate surface area is 171 Å². The predicted octanol–water partition coefficient (Wildman–Crippen LogP) is 6.46. The zero-order valence-electron chi connectivity index (χ0n) is 15.2. The lowest BCUT2D eigenvalue weighted by Crippen LogP contribution is -2.28. The van der Waals surface area contributed by atoms with Gasteiger partial charge in [0.1, 0.15) is 11.5 Å². The highest BCUT2D eigenvalue weighted by molar-refractivity contribution is 8.19. The molecule has 140 valence electrons. The van der Waals surface area contributed by atoms with Gasteiger partial charge in [0.05, 0.1) is 10.6 Å². The number of halogens is 1. The summed E-state index contributed by atoms with van der Waals surface area (Å²) in [5.74, 6) is 0.797. The molecule has 1 aliphatic heterocycles. The van der Waals surface area contributed by atoms with E-state index in [2.05, 4.69) is 0 Å². The van der Waals surface area contributed by atoms with Crippen LogP contribution < -0.4 is 4.90 Å². The summed E-state index contributed by atoms with van der Waals surface area (Å²) in [6.07, 6.45) is 1.60. The van der Waals surface area contributed by atoms with E-state index >= 15 is 0 Å². The molecule has 0 bridgehead atoms. The van der Waals surface area contributed by atoms with Gasteiger partial charge in [-0.3, -0.25) is 9.59 Å². The van der Waals surface area contributed by atoms with Gasteiger partial charge in [-0.1, -0.05) is 41.4 Å². The number of hydrogen-bond donors (Lipinski definition) is 0. The van der Waals surface area contributed by atoms with E-state index in [0.717, 1.165) is 28.5 Å². The standard InChI is InChI=1S/C22H16ClNO3S/c1-13-6-8-18(14(2)10-13)24-21(25)20(28-22(24)26)12-17-7-9-19(27-17)15-4-3-5-16(23)11-15/h3-12H,1-2H3/b20-12+. The molecule has 2 aromatic carbocycles. The molecule has 0 N–H and O–H groups in total. The molecule has 4 nitrogen and oxygen atoms in total. The molecule has 2 amide bonds. The fraction of sp³-hybridized carbons (Fsp3) is 0.0909. The molecule has 2 heterocycles. The largest absolute Gasteiger partial charge is 0.457 e. The molecule has 6 heteroatoms. The van der Waals surface area contributed by atoms with Crippen LogP contribution in [0.3, 0.4) is 0 Å². The van der Waals surface area contributed by atoms with Crippen molar-refractivity contribution in [1.82, 2.24) is 0 Å². The van der Waals surface area contributed by atoms with E-state index in [4.69, 9.17) is 16.0 Å². The van der Waals surface area contributed by atoms with Crippen LogP contribution in [-0.2, 0) is 4.79 Å². The first-order chi connectivity index (χ1) is 13.4. The van der Waals surface area contributed by atoms with Crippen LogP contribution >= 0.6 is 23.4 Å². The third kappa shape index (κ3) is 3.51. The topological polar surface area (TPSA) is 50.5 Å². The zero-order valence-corrected chi connectivity index (χ0v) is 16.8. The van der Waals surface area contributed by atoms with Gasteiger partial charge in [-0.25, -0.2) is 4.90 Å². The quantitative estimate of drug-likeness (QED) is 0.466. The van der Waals surface area contributed by atoms with E-state index in [0.29, 0.717) is 27.1 Å². The molecule has 28 heavy (non-hydrogen) atoms. The fourth-order valence-electron chi connectivity index (χ4n) is 3.09. The Hall–Kier alpha value is -2.76. The zero-order chi connectivity index (χ0) is 19.8. The van der Waals surface area contributed by atoms with Gasteiger partial charge in [0.2, 0.25) is 0 Å². The molecule has 0 atom stereocenters. The summed E-state index contributed by atoms with van der Waals surface area (Å²) in [5.41, 5.74) is 3.41. The molecule has 0 spiro atoms. The predicted molar refractivity (Wildman–Crippen MR) is 114 cm³/mol. The van der Waals surface area contributed by atoms with Crippen LogP contribution in [0.25, 0.3) is 17.4 Å². The summed E-state index contributed by atoms with van der Waals surface area (Å²) >= 11 is 6.94. The first kappa shape index (κ1) is 18.6. The smallest absolute Gasteiger partial charge is 0.298 e. The Balaban J connectivity index is 1.63. The molecule has 0 saturated carbocycles. The first-order valence-electron chi connectivity index (χ1n) is 8.63. The summed E-state index contributed by atoms with van der Waals surface area (Å²) < 4.78 is 5.82. The average Bonchev–Trinajstić information content (AvgIpc) is 3.21. The van der Waals surface area contributed by atoms with Crippen molar-refractivity contribution in [2.45, 2.75) is 13.8 Å². The van der Waals surface area contributed by atoms with Crippen molar-refractivity contribution in [2.75, 3.05) is 4.90 Å². The molecule has 0 unspecified atom stereocenters. The number of rotatable bonds is 3. The highest BCUT2D eigenvalue weighted by Crippen LogP contribution is 2.37. The highest BCUT2D eigenvalue weighted by atomic mass is 35.5. The summed E-state index contributed by atoms with van der Waals surface area (Å²) in [7, 11) is 0. The van der Waals surface area contributed by atoms with Crippen LogP contribution in [0.1, 0.15) is 16.9 Å². The summed E-state index contributed by atoms with van der Waals surface area (Å²) in [6.45, 7) is 3.86. The van der Waals surface area contributed by atoms with Crippen molar-refractivity contribution >= 4 is 46.3 Å². The normalized spacial score (nSPS) is 15.7. The SMILES string of the molecule is Cc1ccc(N2C(=O)S/C(=C/c3ccc(-c4cccc(Cl)c4)o3)C2=O)c(C)c1. The number of nitrogens with zero attached hydrogens (tertiary/aromatic N) is 1. The third-order valence-electron chi connectivity index (χ3n) is 4.40. The maximum atomic E-state index is 12.8. The Morgan fingerprint density at radius 2 is 1.86 bits per heavy atom. The summed E-state index contributed by atoms with van der Waals surface area (Å²) in [4.78, 5) is 26.9. The lowest BCUT2D eigenvalue weighted by atomic mass is 10.1. The van der Waals surface area contributed by atoms with E-state index in [1.807, 2.05) is 44.2 Å². The maximum Gasteiger partial charge on any atom is 0.298 e. The van der Waals surface area contributed by atoms with Crippen LogP contribution in [0.4, 0.5) is 10.5 Å². The molecule has 4 rings (SSSR count). The minimum Gasteiger partial charge on any atom is -0.457 e. The lowest BCUT2D eigenvalue weighted by Gasteiger charge is -2.15. The average molecular weight is 410 g/mol. The van der Waals surface area contributed by atoms with Crippen molar-refractivity contribution in [2.24, 2.45) is 0 Å². The van der Waals surface area contributed by atoms with Crippen LogP contribution in [0.2, 0.25) is 5.02 Å². The van der Waals surface area contributed by atoms with Crippen molar-refractivity contribution in [3.8, 4) is 11.3 Å². The number of carbonyl (C=O) groups excluding carboxylic acids is 2. The molecule has 1 fully saturated rings. The fourth-order valence-corrected chi connectivity index (χ4v) is 4.09. The maximum absolute atomic E-state index is 12.8. The molecule has 1 aliphatic rings. The minimum atomic E-state index is -0.345. The second-order valence-corrected chi connectivity index (χ2v) is 7.95. The van der Waals surface area contributed by atoms with Crippen molar-refractivity contribution < 1.29 is 14.0 Å². The number of imide groups is 1. The molecule has 1 saturated heterocycles. The monoisotopic (exact) mass is 409 g/mol. The summed E-state index contributed by atoms with van der Waals surface area (Å²) in [5, 5.41) is 0.301. The second kappa shape index (κ2) is 7.34. The first-order valence-corrected chi connectivity index (χ1v) is 9.83. The van der Waals surface area contributed by atoms with Gasteiger partial charge in [0, 0.05) is 16.7 Å².